The summed E-state index contributed by atoms with van der Waals surface area (Å²) in [5.41, 5.74) is 1.34. The van der Waals surface area contributed by atoms with E-state index < -0.39 is 11.6 Å². The van der Waals surface area contributed by atoms with Crippen LogP contribution in [-0.2, 0) is 0 Å². The second-order valence-corrected chi connectivity index (χ2v) is 3.93. The van der Waals surface area contributed by atoms with Gasteiger partial charge in [0.2, 0.25) is 0 Å². The summed E-state index contributed by atoms with van der Waals surface area (Å²) in [6, 6.07) is 3.07. The summed E-state index contributed by atoms with van der Waals surface area (Å²) in [7, 11) is 0. The third-order valence-electron chi connectivity index (χ3n) is 2.33. The van der Waals surface area contributed by atoms with Crippen molar-refractivity contribution in [1.82, 2.24) is 4.57 Å². The van der Waals surface area contributed by atoms with Gasteiger partial charge in [0, 0.05) is 6.04 Å². The van der Waals surface area contributed by atoms with Crippen LogP contribution in [0.1, 0.15) is 39.3 Å². The molecule has 2 rings (SSSR count). The van der Waals surface area contributed by atoms with Crippen LogP contribution in [-0.4, -0.2) is 4.57 Å². The standard InChI is InChI=1S/C11H12FNO2.C2H6/c1-6(2)13-9-5-7(3)4-8(12)10(9)15-11(13)14;1-2/h4-6H,1-3H3;1-2H3. The van der Waals surface area contributed by atoms with Gasteiger partial charge in [-0.05, 0) is 38.5 Å². The molecule has 0 N–H and O–H groups in total. The number of oxazole rings is 1. The Hall–Kier alpha value is -1.58. The molecule has 0 unspecified atom stereocenters. The molecule has 1 aromatic heterocycles. The highest BCUT2D eigenvalue weighted by Crippen LogP contribution is 2.21. The van der Waals surface area contributed by atoms with Gasteiger partial charge in [-0.1, -0.05) is 13.8 Å². The summed E-state index contributed by atoms with van der Waals surface area (Å²) in [5, 5.41) is 0. The number of aryl methyl sites for hydroxylation is 1. The Kier molecular flexibility index (Phi) is 4.10. The zero-order valence-corrected chi connectivity index (χ0v) is 10.9. The van der Waals surface area contributed by atoms with Crippen LogP contribution in [0.15, 0.2) is 21.3 Å². The second kappa shape index (κ2) is 5.17. The van der Waals surface area contributed by atoms with Gasteiger partial charge >= 0.3 is 5.76 Å². The Morgan fingerprint density at radius 1 is 1.29 bits per heavy atom. The Morgan fingerprint density at radius 2 is 1.88 bits per heavy atom. The van der Waals surface area contributed by atoms with Crippen LogP contribution in [0.4, 0.5) is 4.39 Å². The zero-order valence-electron chi connectivity index (χ0n) is 10.9. The van der Waals surface area contributed by atoms with E-state index in [1.807, 2.05) is 27.7 Å². The van der Waals surface area contributed by atoms with Crippen LogP contribution in [0, 0.1) is 12.7 Å². The zero-order chi connectivity index (χ0) is 13.2. The largest absolute Gasteiger partial charge is 0.420 e. The van der Waals surface area contributed by atoms with E-state index >= 15 is 0 Å². The molecule has 0 saturated carbocycles. The molecule has 3 nitrogen and oxygen atoms in total. The van der Waals surface area contributed by atoms with Gasteiger partial charge in [-0.15, -0.1) is 0 Å². The van der Waals surface area contributed by atoms with Gasteiger partial charge in [-0.2, -0.15) is 0 Å². The van der Waals surface area contributed by atoms with E-state index in [0.29, 0.717) is 5.52 Å². The van der Waals surface area contributed by atoms with E-state index in [1.165, 1.54) is 10.6 Å². The summed E-state index contributed by atoms with van der Waals surface area (Å²) in [4.78, 5) is 11.5. The summed E-state index contributed by atoms with van der Waals surface area (Å²) in [6.45, 7) is 9.50. The van der Waals surface area contributed by atoms with Crippen molar-refractivity contribution in [3.05, 3.63) is 34.1 Å². The fraction of sp³-hybridized carbons (Fsp3) is 0.462. The van der Waals surface area contributed by atoms with E-state index in [2.05, 4.69) is 0 Å². The number of rotatable bonds is 1. The van der Waals surface area contributed by atoms with Crippen LogP contribution in [0.25, 0.3) is 11.1 Å². The van der Waals surface area contributed by atoms with Crippen molar-refractivity contribution in [1.29, 1.82) is 0 Å². The fourth-order valence-corrected chi connectivity index (χ4v) is 1.71. The Morgan fingerprint density at radius 3 is 2.41 bits per heavy atom. The van der Waals surface area contributed by atoms with Crippen LogP contribution in [0.3, 0.4) is 0 Å². The molecular formula is C13H18FNO2. The van der Waals surface area contributed by atoms with Crippen molar-refractivity contribution in [2.24, 2.45) is 0 Å². The van der Waals surface area contributed by atoms with Crippen LogP contribution in [0.5, 0.6) is 0 Å². The lowest BCUT2D eigenvalue weighted by Crippen LogP contribution is -2.15. The number of aromatic nitrogens is 1. The van der Waals surface area contributed by atoms with Gasteiger partial charge in [-0.25, -0.2) is 9.18 Å². The topological polar surface area (TPSA) is 35.1 Å². The van der Waals surface area contributed by atoms with Crippen molar-refractivity contribution in [2.75, 3.05) is 0 Å². The SMILES string of the molecule is CC.Cc1cc(F)c2oc(=O)n(C(C)C)c2c1. The highest BCUT2D eigenvalue weighted by atomic mass is 19.1. The van der Waals surface area contributed by atoms with E-state index in [-0.39, 0.29) is 11.6 Å². The molecule has 2 aromatic rings. The number of hydrogen-bond donors (Lipinski definition) is 0. The van der Waals surface area contributed by atoms with Gasteiger partial charge in [0.1, 0.15) is 0 Å². The Labute approximate surface area is 99.9 Å². The molecule has 0 radical (unpaired) electrons. The van der Waals surface area contributed by atoms with Crippen LogP contribution in [0.2, 0.25) is 0 Å². The highest BCUT2D eigenvalue weighted by Gasteiger charge is 2.15. The second-order valence-electron chi connectivity index (χ2n) is 3.93. The number of benzene rings is 1. The van der Waals surface area contributed by atoms with Crippen LogP contribution < -0.4 is 5.76 Å². The number of nitrogens with zero attached hydrogens (tertiary/aromatic N) is 1. The molecule has 0 aliphatic rings. The number of fused-ring (bicyclic) bond motifs is 1. The minimum absolute atomic E-state index is 0.0410. The summed E-state index contributed by atoms with van der Waals surface area (Å²) < 4.78 is 19.8. The third kappa shape index (κ3) is 2.40. The summed E-state index contributed by atoms with van der Waals surface area (Å²) in [6.07, 6.45) is 0. The lowest BCUT2D eigenvalue weighted by Gasteiger charge is -2.05. The number of hydrogen-bond acceptors (Lipinski definition) is 2. The molecule has 94 valence electrons. The molecule has 1 aromatic carbocycles. The van der Waals surface area contributed by atoms with Gasteiger partial charge in [-0.3, -0.25) is 4.57 Å². The fourth-order valence-electron chi connectivity index (χ4n) is 1.71. The van der Waals surface area contributed by atoms with Crippen molar-refractivity contribution in [3.8, 4) is 0 Å². The van der Waals surface area contributed by atoms with E-state index in [0.717, 1.165) is 5.56 Å². The van der Waals surface area contributed by atoms with Gasteiger partial charge in [0.25, 0.3) is 0 Å². The van der Waals surface area contributed by atoms with Gasteiger partial charge in [0.15, 0.2) is 11.4 Å². The monoisotopic (exact) mass is 239 g/mol. The quantitative estimate of drug-likeness (QED) is 0.761. The minimum atomic E-state index is -0.510. The first-order valence-electron chi connectivity index (χ1n) is 5.82. The lowest BCUT2D eigenvalue weighted by molar-refractivity contribution is 0.468. The average molecular weight is 239 g/mol. The predicted octanol–water partition coefficient (Wildman–Crippen LogP) is 3.65. The lowest BCUT2D eigenvalue weighted by atomic mass is 10.2. The summed E-state index contributed by atoms with van der Waals surface area (Å²) in [5.74, 6) is -0.994. The van der Waals surface area contributed by atoms with E-state index in [9.17, 15) is 9.18 Å². The Bertz CT molecular complexity index is 567. The first-order chi connectivity index (χ1) is 8.00. The first kappa shape index (κ1) is 13.5. The van der Waals surface area contributed by atoms with E-state index in [1.54, 1.807) is 13.0 Å². The summed E-state index contributed by atoms with van der Waals surface area (Å²) >= 11 is 0. The first-order valence-corrected chi connectivity index (χ1v) is 5.82. The van der Waals surface area contributed by atoms with Crippen molar-refractivity contribution < 1.29 is 8.81 Å². The normalized spacial score (nSPS) is 10.5. The van der Waals surface area contributed by atoms with Crippen molar-refractivity contribution in [3.63, 3.8) is 0 Å². The highest BCUT2D eigenvalue weighted by molar-refractivity contribution is 5.74. The smallest absolute Gasteiger partial charge is 0.405 e. The van der Waals surface area contributed by atoms with Crippen molar-refractivity contribution >= 4 is 11.1 Å². The minimum Gasteiger partial charge on any atom is -0.405 e. The van der Waals surface area contributed by atoms with Crippen molar-refractivity contribution in [2.45, 2.75) is 40.7 Å². The molecule has 1 heterocycles. The molecule has 0 atom stereocenters. The third-order valence-corrected chi connectivity index (χ3v) is 2.33. The molecule has 0 aliphatic carbocycles. The molecule has 0 spiro atoms. The molecule has 17 heavy (non-hydrogen) atoms. The molecule has 0 bridgehead atoms. The van der Waals surface area contributed by atoms with E-state index in [4.69, 9.17) is 4.42 Å². The molecule has 0 fully saturated rings. The predicted molar refractivity (Wildman–Crippen MR) is 66.9 cm³/mol. The maximum absolute atomic E-state index is 13.5. The van der Waals surface area contributed by atoms with Gasteiger partial charge < -0.3 is 4.42 Å². The number of halogens is 1. The molecule has 0 amide bonds. The molecular weight excluding hydrogens is 221 g/mol. The molecule has 0 aliphatic heterocycles. The average Bonchev–Trinajstić information content (AvgIpc) is 2.58. The molecule has 0 saturated heterocycles. The Balaban J connectivity index is 0.000000686. The maximum Gasteiger partial charge on any atom is 0.420 e. The molecule has 4 heteroatoms. The maximum atomic E-state index is 13.5. The van der Waals surface area contributed by atoms with Crippen LogP contribution >= 0.6 is 0 Å². The van der Waals surface area contributed by atoms with Gasteiger partial charge in [0.05, 0.1) is 5.52 Å².